The number of hydrogen-bond donors (Lipinski definition) is 1. The van der Waals surface area contributed by atoms with Gasteiger partial charge < -0.3 is 24.7 Å². The van der Waals surface area contributed by atoms with Crippen molar-refractivity contribution in [2.24, 2.45) is 0 Å². The first-order valence-electron chi connectivity index (χ1n) is 12.0. The molecule has 8 nitrogen and oxygen atoms in total. The molecule has 42 heavy (non-hydrogen) atoms. The van der Waals surface area contributed by atoms with Crippen LogP contribution in [-0.4, -0.2) is 28.7 Å². The second-order valence-electron chi connectivity index (χ2n) is 8.91. The summed E-state index contributed by atoms with van der Waals surface area (Å²) in [7, 11) is 0. The molecule has 1 aliphatic heterocycles. The molecule has 4 aromatic rings. The molecule has 210 valence electrons. The van der Waals surface area contributed by atoms with Crippen LogP contribution in [0.1, 0.15) is 33.8 Å². The van der Waals surface area contributed by atoms with Crippen molar-refractivity contribution in [3.05, 3.63) is 93.5 Å². The smallest absolute Gasteiger partial charge is 0.549 e. The summed E-state index contributed by atoms with van der Waals surface area (Å²) in [6.07, 6.45) is -4.30. The van der Waals surface area contributed by atoms with Crippen LogP contribution in [0.3, 0.4) is 0 Å². The summed E-state index contributed by atoms with van der Waals surface area (Å²) >= 11 is 12.1. The molecule has 0 aliphatic carbocycles. The molecule has 0 fully saturated rings. The van der Waals surface area contributed by atoms with Gasteiger partial charge in [-0.2, -0.15) is 13.2 Å². The summed E-state index contributed by atoms with van der Waals surface area (Å²) in [6.45, 7) is 0.215. The maximum Gasteiger partial charge on any atom is 1.00 e. The average molecular weight is 626 g/mol. The zero-order valence-electron chi connectivity index (χ0n) is 21.7. The molecule has 0 saturated carbocycles. The number of carbonyl (C=O) groups excluding carboxylic acids is 2. The fraction of sp³-hybridized carbons (Fsp3) is 0.143. The number of alkyl halides is 3. The van der Waals surface area contributed by atoms with E-state index in [0.29, 0.717) is 22.6 Å². The first-order valence-corrected chi connectivity index (χ1v) is 12.7. The zero-order chi connectivity index (χ0) is 29.3. The van der Waals surface area contributed by atoms with Gasteiger partial charge >= 0.3 is 35.7 Å². The van der Waals surface area contributed by atoms with E-state index in [1.807, 2.05) is 0 Å². The molecule has 5 rings (SSSR count). The third-order valence-corrected chi connectivity index (χ3v) is 6.82. The van der Waals surface area contributed by atoms with Gasteiger partial charge in [0.15, 0.2) is 5.82 Å². The Hall–Kier alpha value is -3.35. The van der Waals surface area contributed by atoms with Crippen molar-refractivity contribution in [3.63, 3.8) is 0 Å². The van der Waals surface area contributed by atoms with Gasteiger partial charge in [0.25, 0.3) is 5.91 Å². The van der Waals surface area contributed by atoms with Gasteiger partial charge in [0.05, 0.1) is 27.9 Å². The van der Waals surface area contributed by atoms with Gasteiger partial charge in [-0.05, 0) is 61.0 Å². The van der Waals surface area contributed by atoms with Crippen LogP contribution in [0.15, 0.2) is 66.7 Å². The number of amides is 1. The molecule has 0 saturated heterocycles. The monoisotopic (exact) mass is 625 g/mol. The molecule has 1 amide bonds. The van der Waals surface area contributed by atoms with Crippen molar-refractivity contribution in [3.8, 4) is 28.5 Å². The minimum atomic E-state index is -4.58. The SMILES string of the molecule is O=C(Nc1ccc(-c2ccc(C(F)(F)F)c(Cl)c2)nn1)c1ccc(Oc2cc3c(cc2Cl)C(C(=O)[O-])CCO3)cc1.[Na+]. The van der Waals surface area contributed by atoms with Crippen LogP contribution < -0.4 is 49.5 Å². The van der Waals surface area contributed by atoms with Crippen LogP contribution in [-0.2, 0) is 11.0 Å². The van der Waals surface area contributed by atoms with E-state index < -0.39 is 34.6 Å². The van der Waals surface area contributed by atoms with Gasteiger partial charge in [0.1, 0.15) is 17.2 Å². The fourth-order valence-corrected chi connectivity index (χ4v) is 4.66. The molecule has 3 aromatic carbocycles. The van der Waals surface area contributed by atoms with Crippen molar-refractivity contribution >= 4 is 40.9 Å². The molecule has 1 aromatic heterocycles. The Bertz CT molecular complexity index is 1640. The van der Waals surface area contributed by atoms with Crippen LogP contribution in [0, 0.1) is 0 Å². The van der Waals surface area contributed by atoms with Gasteiger partial charge in [-0.25, -0.2) is 0 Å². The molecule has 1 unspecified atom stereocenters. The number of nitrogens with one attached hydrogen (secondary N) is 1. The Labute approximate surface area is 269 Å². The zero-order valence-corrected chi connectivity index (χ0v) is 25.2. The largest absolute Gasteiger partial charge is 1.00 e. The second-order valence-corrected chi connectivity index (χ2v) is 9.72. The first-order chi connectivity index (χ1) is 19.5. The number of halogens is 5. The quantitative estimate of drug-likeness (QED) is 0.328. The summed E-state index contributed by atoms with van der Waals surface area (Å²) in [5, 5.41) is 21.6. The number of hydrogen-bond acceptors (Lipinski definition) is 7. The Morgan fingerprint density at radius 3 is 2.33 bits per heavy atom. The topological polar surface area (TPSA) is 113 Å². The van der Waals surface area contributed by atoms with E-state index in [9.17, 15) is 27.9 Å². The summed E-state index contributed by atoms with van der Waals surface area (Å²) in [5.74, 6) is -1.47. The number of carbonyl (C=O) groups is 2. The normalized spacial score (nSPS) is 14.2. The maximum atomic E-state index is 12.9. The number of aliphatic carboxylic acids is 1. The van der Waals surface area contributed by atoms with E-state index in [4.69, 9.17) is 32.7 Å². The van der Waals surface area contributed by atoms with Gasteiger partial charge in [0.2, 0.25) is 0 Å². The number of carboxylic acid groups (broad SMARTS) is 1. The van der Waals surface area contributed by atoms with E-state index in [2.05, 4.69) is 15.5 Å². The van der Waals surface area contributed by atoms with Crippen LogP contribution in [0.5, 0.6) is 17.2 Å². The average Bonchev–Trinajstić information content (AvgIpc) is 2.93. The van der Waals surface area contributed by atoms with Crippen molar-refractivity contribution < 1.29 is 66.9 Å². The molecule has 2 heterocycles. The van der Waals surface area contributed by atoms with Crippen LogP contribution in [0.25, 0.3) is 11.3 Å². The Morgan fingerprint density at radius 1 is 0.976 bits per heavy atom. The predicted molar refractivity (Wildman–Crippen MR) is 141 cm³/mol. The Morgan fingerprint density at radius 2 is 1.71 bits per heavy atom. The third kappa shape index (κ3) is 6.99. The molecule has 14 heteroatoms. The molecule has 0 radical (unpaired) electrons. The minimum absolute atomic E-state index is 0. The molecular formula is C28H17Cl2F3N3NaO5. The number of benzene rings is 3. The summed E-state index contributed by atoms with van der Waals surface area (Å²) in [6, 6.07) is 15.3. The predicted octanol–water partition coefficient (Wildman–Crippen LogP) is 3.13. The number of carboxylic acids is 1. The molecule has 0 bridgehead atoms. The third-order valence-electron chi connectivity index (χ3n) is 6.21. The van der Waals surface area contributed by atoms with E-state index in [-0.39, 0.29) is 70.4 Å². The standard InChI is InChI=1S/C28H18Cl2F3N3O5.Na/c29-20-11-15(3-6-19(20)28(31,32)33)22-7-8-25(36-35-22)34-26(37)14-1-4-16(5-2-14)41-24-13-23-18(12-21(24)30)17(27(38)39)9-10-40-23;/h1-8,11-13,17H,9-10H2,(H,38,39)(H,34,36,37);/q;+1/p-1. The molecule has 1 atom stereocenters. The summed E-state index contributed by atoms with van der Waals surface area (Å²) in [5.41, 5.74) is 0.326. The van der Waals surface area contributed by atoms with Crippen LogP contribution in [0.4, 0.5) is 19.0 Å². The van der Waals surface area contributed by atoms with E-state index in [1.54, 1.807) is 12.1 Å². The summed E-state index contributed by atoms with van der Waals surface area (Å²) < 4.78 is 50.2. The van der Waals surface area contributed by atoms with E-state index >= 15 is 0 Å². The number of rotatable bonds is 6. The summed E-state index contributed by atoms with van der Waals surface area (Å²) in [4.78, 5) is 24.1. The van der Waals surface area contributed by atoms with Gasteiger partial charge in [-0.15, -0.1) is 10.2 Å². The minimum Gasteiger partial charge on any atom is -0.549 e. The number of ether oxygens (including phenoxy) is 2. The molecule has 1 aliphatic rings. The number of fused-ring (bicyclic) bond motifs is 1. The molecular weight excluding hydrogens is 609 g/mol. The Kier molecular flexibility index (Phi) is 9.69. The number of aromatic nitrogens is 2. The number of anilines is 1. The van der Waals surface area contributed by atoms with Crippen LogP contribution >= 0.6 is 23.2 Å². The fourth-order valence-electron chi connectivity index (χ4n) is 4.16. The number of nitrogens with zero attached hydrogens (tertiary/aromatic N) is 2. The molecule has 1 N–H and O–H groups in total. The van der Waals surface area contributed by atoms with Crippen molar-refractivity contribution in [2.45, 2.75) is 18.5 Å². The van der Waals surface area contributed by atoms with E-state index in [0.717, 1.165) is 12.1 Å². The first kappa shape index (κ1) is 31.6. The molecule has 0 spiro atoms. The van der Waals surface area contributed by atoms with Gasteiger partial charge in [-0.3, -0.25) is 4.79 Å². The second kappa shape index (κ2) is 12.9. The van der Waals surface area contributed by atoms with Crippen molar-refractivity contribution in [1.82, 2.24) is 10.2 Å². The maximum absolute atomic E-state index is 12.9. The Balaban J connectivity index is 0.00000405. The van der Waals surface area contributed by atoms with Crippen molar-refractivity contribution in [1.29, 1.82) is 0 Å². The van der Waals surface area contributed by atoms with E-state index in [1.165, 1.54) is 42.5 Å². The van der Waals surface area contributed by atoms with Gasteiger partial charge in [-0.1, -0.05) is 29.3 Å². The van der Waals surface area contributed by atoms with Crippen molar-refractivity contribution in [2.75, 3.05) is 11.9 Å². The van der Waals surface area contributed by atoms with Crippen LogP contribution in [0.2, 0.25) is 10.0 Å². The van der Waals surface area contributed by atoms with Gasteiger partial charge in [0, 0.05) is 34.6 Å².